The summed E-state index contributed by atoms with van der Waals surface area (Å²) in [6.07, 6.45) is 5.20. The van der Waals surface area contributed by atoms with Crippen LogP contribution in [0.5, 0.6) is 0 Å². The lowest BCUT2D eigenvalue weighted by Gasteiger charge is -2.31. The van der Waals surface area contributed by atoms with Crippen molar-refractivity contribution in [3.8, 4) is 0 Å². The first kappa shape index (κ1) is 20.1. The lowest BCUT2D eigenvalue weighted by atomic mass is 9.72. The van der Waals surface area contributed by atoms with Gasteiger partial charge in [0.15, 0.2) is 0 Å². The number of amides is 2. The molecule has 8 nitrogen and oxygen atoms in total. The molecule has 2 N–H and O–H groups in total. The van der Waals surface area contributed by atoms with Gasteiger partial charge in [-0.15, -0.1) is 12.4 Å². The maximum absolute atomic E-state index is 13.3. The summed E-state index contributed by atoms with van der Waals surface area (Å²) in [6, 6.07) is 1.87. The van der Waals surface area contributed by atoms with Crippen molar-refractivity contribution in [3.05, 3.63) is 18.5 Å². The van der Waals surface area contributed by atoms with Crippen LogP contribution < -0.4 is 5.73 Å². The van der Waals surface area contributed by atoms with Gasteiger partial charge in [-0.2, -0.15) is 5.10 Å². The number of ether oxygens (including phenoxy) is 1. The largest absolute Gasteiger partial charge is 0.368 e. The Hall–Kier alpha value is -1.64. The van der Waals surface area contributed by atoms with Crippen molar-refractivity contribution in [2.75, 3.05) is 32.7 Å². The van der Waals surface area contributed by atoms with Crippen molar-refractivity contribution in [2.45, 2.75) is 38.0 Å². The highest BCUT2D eigenvalue weighted by atomic mass is 35.5. The molecule has 4 atom stereocenters. The molecule has 2 bridgehead atoms. The Morgan fingerprint density at radius 3 is 2.96 bits per heavy atom. The fourth-order valence-corrected chi connectivity index (χ4v) is 4.96. The highest BCUT2D eigenvalue weighted by Crippen LogP contribution is 2.55. The molecule has 150 valence electrons. The van der Waals surface area contributed by atoms with Crippen LogP contribution >= 0.6 is 12.4 Å². The van der Waals surface area contributed by atoms with Crippen LogP contribution in [0, 0.1) is 11.8 Å². The predicted octanol–water partition coefficient (Wildman–Crippen LogP) is 0.118. The molecule has 2 amide bonds. The van der Waals surface area contributed by atoms with Gasteiger partial charge in [0, 0.05) is 38.6 Å². The normalized spacial score (nSPS) is 31.1. The Bertz CT molecular complexity index is 685. The van der Waals surface area contributed by atoms with Crippen molar-refractivity contribution in [3.63, 3.8) is 0 Å². The Morgan fingerprint density at radius 2 is 2.30 bits per heavy atom. The minimum Gasteiger partial charge on any atom is -0.368 e. The third-order valence-corrected chi connectivity index (χ3v) is 6.14. The van der Waals surface area contributed by atoms with E-state index < -0.39 is 5.60 Å². The molecule has 1 aromatic heterocycles. The van der Waals surface area contributed by atoms with E-state index in [0.29, 0.717) is 39.3 Å². The molecule has 4 heterocycles. The van der Waals surface area contributed by atoms with Crippen LogP contribution in [0.15, 0.2) is 18.5 Å². The molecule has 0 aliphatic carbocycles. The quantitative estimate of drug-likeness (QED) is 0.705. The van der Waals surface area contributed by atoms with Crippen molar-refractivity contribution in [1.82, 2.24) is 19.6 Å². The summed E-state index contributed by atoms with van der Waals surface area (Å²) in [6.45, 7) is 5.36. The summed E-state index contributed by atoms with van der Waals surface area (Å²) in [5.74, 6) is -0.631. The smallest absolute Gasteiger partial charge is 0.229 e. The summed E-state index contributed by atoms with van der Waals surface area (Å²) < 4.78 is 8.06. The van der Waals surface area contributed by atoms with E-state index in [0.717, 1.165) is 12.8 Å². The van der Waals surface area contributed by atoms with E-state index in [-0.39, 0.29) is 42.2 Å². The number of nitrogens with zero attached hydrogens (tertiary/aromatic N) is 4. The third kappa shape index (κ3) is 3.23. The molecule has 4 rings (SSSR count). The van der Waals surface area contributed by atoms with E-state index in [1.807, 2.05) is 28.8 Å². The van der Waals surface area contributed by atoms with Gasteiger partial charge in [-0.3, -0.25) is 14.3 Å². The lowest BCUT2D eigenvalue weighted by molar-refractivity contribution is -0.144. The number of nitrogens with two attached hydrogens (primary N) is 1. The standard InChI is InChI=1S/C18H27N5O3.ClH/c1-2-21(10-11-23-8-3-7-20-23)16(24)14-13-4-5-18(26-13)12-22(9-6-19)17(25)15(14)18;/h3,7-8,13-15H,2,4-6,9-12,19H2,1H3;1H/t13-,14-,15+,18-;/m0./s1. The number of fused-ring (bicyclic) bond motifs is 1. The molecule has 3 fully saturated rings. The topological polar surface area (TPSA) is 93.7 Å². The first-order chi connectivity index (χ1) is 12.6. The molecule has 0 radical (unpaired) electrons. The van der Waals surface area contributed by atoms with Crippen molar-refractivity contribution < 1.29 is 14.3 Å². The van der Waals surface area contributed by atoms with Crippen molar-refractivity contribution in [2.24, 2.45) is 17.6 Å². The molecule has 1 aromatic rings. The number of rotatable bonds is 7. The second kappa shape index (κ2) is 7.77. The summed E-state index contributed by atoms with van der Waals surface area (Å²) >= 11 is 0. The maximum Gasteiger partial charge on any atom is 0.229 e. The van der Waals surface area contributed by atoms with E-state index in [2.05, 4.69) is 5.10 Å². The number of halogens is 1. The predicted molar refractivity (Wildman–Crippen MR) is 101 cm³/mol. The van der Waals surface area contributed by atoms with Gasteiger partial charge < -0.3 is 20.3 Å². The zero-order chi connectivity index (χ0) is 18.3. The number of aromatic nitrogens is 2. The van der Waals surface area contributed by atoms with Crippen LogP contribution in [0.3, 0.4) is 0 Å². The second-order valence-corrected chi connectivity index (χ2v) is 7.50. The Kier molecular flexibility index (Phi) is 5.79. The average molecular weight is 398 g/mol. The van der Waals surface area contributed by atoms with Gasteiger partial charge in [-0.25, -0.2) is 0 Å². The van der Waals surface area contributed by atoms with Gasteiger partial charge in [0.25, 0.3) is 0 Å². The van der Waals surface area contributed by atoms with Crippen molar-refractivity contribution >= 4 is 24.2 Å². The highest BCUT2D eigenvalue weighted by molar-refractivity contribution is 5.92. The summed E-state index contributed by atoms with van der Waals surface area (Å²) in [5, 5.41) is 4.19. The first-order valence-corrected chi connectivity index (χ1v) is 9.52. The fraction of sp³-hybridized carbons (Fsp3) is 0.722. The number of likely N-dealkylation sites (N-methyl/N-ethyl adjacent to an activating group) is 1. The SMILES string of the molecule is CCN(CCn1cccn1)C(=O)[C@H]1[C@@H]2CC[C@@]3(CN(CCN)C(=O)[C@@H]13)O2.Cl. The molecule has 1 spiro atoms. The zero-order valence-corrected chi connectivity index (χ0v) is 16.4. The molecule has 0 unspecified atom stereocenters. The Labute approximate surface area is 165 Å². The number of hydrogen-bond acceptors (Lipinski definition) is 5. The molecule has 27 heavy (non-hydrogen) atoms. The molecule has 9 heteroatoms. The number of likely N-dealkylation sites (tertiary alicyclic amines) is 1. The van der Waals surface area contributed by atoms with E-state index >= 15 is 0 Å². The number of carbonyl (C=O) groups excluding carboxylic acids is 2. The number of hydrogen-bond donors (Lipinski definition) is 1. The Balaban J connectivity index is 0.00000210. The monoisotopic (exact) mass is 397 g/mol. The summed E-state index contributed by atoms with van der Waals surface area (Å²) in [7, 11) is 0. The van der Waals surface area contributed by atoms with Gasteiger partial charge in [0.05, 0.1) is 36.6 Å². The van der Waals surface area contributed by atoms with E-state index in [9.17, 15) is 9.59 Å². The molecule has 3 aliphatic rings. The van der Waals surface area contributed by atoms with Gasteiger partial charge in [-0.1, -0.05) is 0 Å². The molecular weight excluding hydrogens is 370 g/mol. The molecule has 0 aromatic carbocycles. The molecular formula is C18H28ClN5O3. The van der Waals surface area contributed by atoms with E-state index in [1.165, 1.54) is 0 Å². The number of carbonyl (C=O) groups is 2. The van der Waals surface area contributed by atoms with Crippen LogP contribution in [0.25, 0.3) is 0 Å². The second-order valence-electron chi connectivity index (χ2n) is 7.50. The van der Waals surface area contributed by atoms with E-state index in [4.69, 9.17) is 10.5 Å². The highest BCUT2D eigenvalue weighted by Gasteiger charge is 2.68. The fourth-order valence-electron chi connectivity index (χ4n) is 4.96. The molecule has 3 aliphatic heterocycles. The van der Waals surface area contributed by atoms with Crippen LogP contribution in [0.2, 0.25) is 0 Å². The first-order valence-electron chi connectivity index (χ1n) is 9.52. The van der Waals surface area contributed by atoms with Gasteiger partial charge in [-0.05, 0) is 25.8 Å². The van der Waals surface area contributed by atoms with Crippen LogP contribution in [-0.4, -0.2) is 75.8 Å². The van der Waals surface area contributed by atoms with Gasteiger partial charge in [0.1, 0.15) is 0 Å². The Morgan fingerprint density at radius 1 is 1.48 bits per heavy atom. The lowest BCUT2D eigenvalue weighted by Crippen LogP contribution is -2.48. The van der Waals surface area contributed by atoms with Crippen molar-refractivity contribution in [1.29, 1.82) is 0 Å². The van der Waals surface area contributed by atoms with Crippen LogP contribution in [0.1, 0.15) is 19.8 Å². The maximum atomic E-state index is 13.3. The summed E-state index contributed by atoms with van der Waals surface area (Å²) in [5.41, 5.74) is 5.17. The van der Waals surface area contributed by atoms with Crippen LogP contribution in [-0.2, 0) is 20.9 Å². The molecule has 3 saturated heterocycles. The minimum atomic E-state index is -0.474. The molecule has 0 saturated carbocycles. The third-order valence-electron chi connectivity index (χ3n) is 6.14. The summed E-state index contributed by atoms with van der Waals surface area (Å²) in [4.78, 5) is 29.9. The van der Waals surface area contributed by atoms with Gasteiger partial charge >= 0.3 is 0 Å². The van der Waals surface area contributed by atoms with Gasteiger partial charge in [0.2, 0.25) is 11.8 Å². The van der Waals surface area contributed by atoms with Crippen LogP contribution in [0.4, 0.5) is 0 Å². The average Bonchev–Trinajstić information content (AvgIpc) is 3.39. The zero-order valence-electron chi connectivity index (χ0n) is 15.6. The minimum absolute atomic E-state index is 0. The van der Waals surface area contributed by atoms with E-state index in [1.54, 1.807) is 11.1 Å².